The number of phenolic OH excluding ortho intramolecular Hbond substituents is 1. The van der Waals surface area contributed by atoms with Gasteiger partial charge < -0.3 is 15.2 Å². The molecule has 0 saturated carbocycles. The van der Waals surface area contributed by atoms with Gasteiger partial charge in [0.25, 0.3) is 15.9 Å². The van der Waals surface area contributed by atoms with E-state index >= 15 is 0 Å². The third kappa shape index (κ3) is 3.46. The Hall–Kier alpha value is -3.27. The molecule has 0 aromatic heterocycles. The summed E-state index contributed by atoms with van der Waals surface area (Å²) in [4.78, 5) is 23.8. The fourth-order valence-electron chi connectivity index (χ4n) is 3.16. The number of phenols is 1. The Kier molecular flexibility index (Phi) is 4.91. The molecular weight excluding hydrogens is 398 g/mol. The van der Waals surface area contributed by atoms with Gasteiger partial charge in [0, 0.05) is 11.1 Å². The molecule has 9 nitrogen and oxygen atoms in total. The minimum Gasteiger partial charge on any atom is -0.508 e. The number of hydrogen-bond acceptors (Lipinski definition) is 6. The molecule has 1 heterocycles. The molecule has 0 spiro atoms. The van der Waals surface area contributed by atoms with Crippen LogP contribution in [0.25, 0.3) is 0 Å². The second-order valence-electron chi connectivity index (χ2n) is 6.90. The number of anilines is 1. The summed E-state index contributed by atoms with van der Waals surface area (Å²) in [6.45, 7) is 4.76. The number of rotatable bonds is 5. The summed E-state index contributed by atoms with van der Waals surface area (Å²) < 4.78 is 33.8. The Morgan fingerprint density at radius 1 is 1.14 bits per heavy atom. The van der Waals surface area contributed by atoms with Crippen molar-refractivity contribution < 1.29 is 27.9 Å². The Labute approximate surface area is 168 Å². The van der Waals surface area contributed by atoms with Gasteiger partial charge in [0.15, 0.2) is 0 Å². The molecular formula is C19H21N3O6S. The van der Waals surface area contributed by atoms with Gasteiger partial charge in [-0.3, -0.25) is 14.8 Å². The number of aryl methyl sites for hydroxylation is 1. The van der Waals surface area contributed by atoms with Crippen LogP contribution in [0.2, 0.25) is 0 Å². The maximum atomic E-state index is 13.0. The maximum absolute atomic E-state index is 13.0. The predicted octanol–water partition coefficient (Wildman–Crippen LogP) is 1.87. The molecule has 1 aliphatic rings. The van der Waals surface area contributed by atoms with Gasteiger partial charge in [-0.25, -0.2) is 13.2 Å². The average molecular weight is 419 g/mol. The zero-order valence-electron chi connectivity index (χ0n) is 16.3. The van der Waals surface area contributed by atoms with Crippen LogP contribution >= 0.6 is 0 Å². The normalized spacial score (nSPS) is 18.9. The highest BCUT2D eigenvalue weighted by atomic mass is 32.2. The number of carbonyl (C=O) groups is 2. The largest absolute Gasteiger partial charge is 0.508 e. The van der Waals surface area contributed by atoms with Crippen molar-refractivity contribution in [2.75, 3.05) is 11.8 Å². The van der Waals surface area contributed by atoms with Crippen molar-refractivity contribution in [1.29, 1.82) is 0 Å². The molecule has 1 atom stereocenters. The molecule has 29 heavy (non-hydrogen) atoms. The van der Waals surface area contributed by atoms with Gasteiger partial charge in [0.1, 0.15) is 17.0 Å². The lowest BCUT2D eigenvalue weighted by molar-refractivity contribution is -0.123. The van der Waals surface area contributed by atoms with Crippen LogP contribution in [-0.2, 0) is 20.4 Å². The number of sulfonamides is 1. The average Bonchev–Trinajstić information content (AvgIpc) is 2.94. The van der Waals surface area contributed by atoms with Gasteiger partial charge >= 0.3 is 6.03 Å². The number of benzene rings is 2. The van der Waals surface area contributed by atoms with Crippen LogP contribution in [0.4, 0.5) is 10.5 Å². The lowest BCUT2D eigenvalue weighted by Gasteiger charge is -2.24. The summed E-state index contributed by atoms with van der Waals surface area (Å²) in [6.07, 6.45) is 0. The van der Waals surface area contributed by atoms with Crippen LogP contribution in [0.3, 0.4) is 0 Å². The molecule has 3 amide bonds. The third-order valence-corrected chi connectivity index (χ3v) is 6.29. The Bertz CT molecular complexity index is 1130. The Morgan fingerprint density at radius 2 is 1.83 bits per heavy atom. The van der Waals surface area contributed by atoms with E-state index in [1.165, 1.54) is 38.3 Å². The molecule has 1 fully saturated rings. The second-order valence-corrected chi connectivity index (χ2v) is 8.58. The standard InChI is InChI=1S/C19H21N3O6S/c1-10-5-7-14(23)11(2)16(10)22-29(26,27)12-6-8-15(28-4)13(9-12)19(3)17(24)20-18(25)21-19/h5-9,22-23H,1-4H3,(H2,20,21,24,25)/t19-/m1/s1. The van der Waals surface area contributed by atoms with Gasteiger partial charge in [-0.1, -0.05) is 6.07 Å². The maximum Gasteiger partial charge on any atom is 0.322 e. The van der Waals surface area contributed by atoms with E-state index < -0.39 is 27.5 Å². The van der Waals surface area contributed by atoms with E-state index in [-0.39, 0.29) is 27.6 Å². The smallest absolute Gasteiger partial charge is 0.322 e. The van der Waals surface area contributed by atoms with Crippen LogP contribution in [-0.4, -0.2) is 32.6 Å². The minimum atomic E-state index is -4.07. The first-order valence-electron chi connectivity index (χ1n) is 8.63. The van der Waals surface area contributed by atoms with Crippen LogP contribution in [0.15, 0.2) is 35.2 Å². The van der Waals surface area contributed by atoms with Crippen LogP contribution in [0.5, 0.6) is 11.5 Å². The van der Waals surface area contributed by atoms with E-state index in [9.17, 15) is 23.1 Å². The molecule has 2 aromatic carbocycles. The number of amides is 3. The van der Waals surface area contributed by atoms with Crippen LogP contribution in [0.1, 0.15) is 23.6 Å². The van der Waals surface area contributed by atoms with Gasteiger partial charge in [-0.05, 0) is 50.6 Å². The van der Waals surface area contributed by atoms with Gasteiger partial charge in [0.05, 0.1) is 17.7 Å². The van der Waals surface area contributed by atoms with Crippen molar-refractivity contribution >= 4 is 27.6 Å². The van der Waals surface area contributed by atoms with Crippen molar-refractivity contribution in [3.8, 4) is 11.5 Å². The molecule has 1 aliphatic heterocycles. The number of aromatic hydroxyl groups is 1. The summed E-state index contributed by atoms with van der Waals surface area (Å²) in [6, 6.07) is 6.41. The van der Waals surface area contributed by atoms with Crippen molar-refractivity contribution in [3.05, 3.63) is 47.0 Å². The van der Waals surface area contributed by atoms with Crippen molar-refractivity contribution in [2.45, 2.75) is 31.2 Å². The molecule has 1 saturated heterocycles. The van der Waals surface area contributed by atoms with Gasteiger partial charge in [-0.15, -0.1) is 0 Å². The molecule has 0 aliphatic carbocycles. The summed E-state index contributed by atoms with van der Waals surface area (Å²) in [5, 5.41) is 14.5. The van der Waals surface area contributed by atoms with Crippen LogP contribution < -0.4 is 20.1 Å². The van der Waals surface area contributed by atoms with E-state index in [0.717, 1.165) is 0 Å². The fraction of sp³-hybridized carbons (Fsp3) is 0.263. The highest BCUT2D eigenvalue weighted by molar-refractivity contribution is 7.92. The molecule has 4 N–H and O–H groups in total. The molecule has 154 valence electrons. The number of ether oxygens (including phenoxy) is 1. The quantitative estimate of drug-likeness (QED) is 0.547. The van der Waals surface area contributed by atoms with Gasteiger partial charge in [-0.2, -0.15) is 0 Å². The molecule has 3 rings (SSSR count). The lowest BCUT2D eigenvalue weighted by Crippen LogP contribution is -2.41. The zero-order valence-corrected chi connectivity index (χ0v) is 17.1. The Balaban J connectivity index is 2.09. The number of carbonyl (C=O) groups excluding carboxylic acids is 2. The molecule has 10 heteroatoms. The monoisotopic (exact) mass is 419 g/mol. The number of hydrogen-bond donors (Lipinski definition) is 4. The van der Waals surface area contributed by atoms with E-state index in [2.05, 4.69) is 15.4 Å². The zero-order chi connectivity index (χ0) is 21.6. The minimum absolute atomic E-state index is 0.0402. The third-order valence-electron chi connectivity index (χ3n) is 4.95. The number of nitrogens with one attached hydrogen (secondary N) is 3. The van der Waals surface area contributed by atoms with Gasteiger partial charge in [0.2, 0.25) is 0 Å². The summed E-state index contributed by atoms with van der Waals surface area (Å²) in [5.74, 6) is -0.418. The second kappa shape index (κ2) is 6.96. The van der Waals surface area contributed by atoms with Crippen molar-refractivity contribution in [3.63, 3.8) is 0 Å². The lowest BCUT2D eigenvalue weighted by atomic mass is 9.91. The molecule has 0 radical (unpaired) electrons. The van der Waals surface area contributed by atoms with E-state index in [4.69, 9.17) is 4.74 Å². The van der Waals surface area contributed by atoms with E-state index in [1.807, 2.05) is 0 Å². The number of urea groups is 1. The Morgan fingerprint density at radius 3 is 2.41 bits per heavy atom. The number of methoxy groups -OCH3 is 1. The first kappa shape index (κ1) is 20.5. The first-order chi connectivity index (χ1) is 13.5. The predicted molar refractivity (Wildman–Crippen MR) is 105 cm³/mol. The first-order valence-corrected chi connectivity index (χ1v) is 10.1. The topological polar surface area (TPSA) is 134 Å². The summed E-state index contributed by atoms with van der Waals surface area (Å²) in [5.41, 5.74) is -0.0232. The van der Waals surface area contributed by atoms with Crippen molar-refractivity contribution in [1.82, 2.24) is 10.6 Å². The molecule has 2 aromatic rings. The SMILES string of the molecule is COc1ccc(S(=O)(=O)Nc2c(C)ccc(O)c2C)cc1[C@@]1(C)NC(=O)NC1=O. The highest BCUT2D eigenvalue weighted by Gasteiger charge is 2.45. The van der Waals surface area contributed by atoms with E-state index in [1.54, 1.807) is 19.9 Å². The fourth-order valence-corrected chi connectivity index (χ4v) is 4.39. The van der Waals surface area contributed by atoms with E-state index in [0.29, 0.717) is 11.1 Å². The summed E-state index contributed by atoms with van der Waals surface area (Å²) >= 11 is 0. The van der Waals surface area contributed by atoms with Crippen LogP contribution in [0, 0.1) is 13.8 Å². The molecule has 0 bridgehead atoms. The van der Waals surface area contributed by atoms with Crippen molar-refractivity contribution in [2.24, 2.45) is 0 Å². The number of imide groups is 1. The highest BCUT2D eigenvalue weighted by Crippen LogP contribution is 2.35. The molecule has 0 unspecified atom stereocenters. The summed E-state index contributed by atoms with van der Waals surface area (Å²) in [7, 11) is -2.69.